The number of hydrogen-bond donors (Lipinski definition) is 3. The highest BCUT2D eigenvalue weighted by molar-refractivity contribution is 5.82. The first kappa shape index (κ1) is 13.8. The van der Waals surface area contributed by atoms with Crippen molar-refractivity contribution in [1.29, 1.82) is 0 Å². The minimum absolute atomic E-state index is 0.395. The Bertz CT molecular complexity index is 262. The molecule has 1 aliphatic rings. The predicted molar refractivity (Wildman–Crippen MR) is 61.7 cm³/mol. The minimum atomic E-state index is -1.21. The van der Waals surface area contributed by atoms with E-state index in [1.807, 2.05) is 0 Å². The van der Waals surface area contributed by atoms with Gasteiger partial charge in [-0.05, 0) is 12.8 Å². The highest BCUT2D eigenvalue weighted by atomic mass is 16.4. The number of aliphatic hydroxyl groups excluding tert-OH is 1. The number of urea groups is 1. The largest absolute Gasteiger partial charge is 0.480 e. The molecule has 17 heavy (non-hydrogen) atoms. The van der Waals surface area contributed by atoms with Crippen molar-refractivity contribution in [3.63, 3.8) is 0 Å². The first-order valence-corrected chi connectivity index (χ1v) is 6.04. The third-order valence-electron chi connectivity index (χ3n) is 2.92. The fraction of sp³-hybridized carbons (Fsp3) is 0.818. The summed E-state index contributed by atoms with van der Waals surface area (Å²) < 4.78 is 0. The lowest BCUT2D eigenvalue weighted by Crippen LogP contribution is -2.50. The molecule has 0 aromatic carbocycles. The summed E-state index contributed by atoms with van der Waals surface area (Å²) in [7, 11) is 0. The van der Waals surface area contributed by atoms with Gasteiger partial charge in [0.2, 0.25) is 0 Å². The molecule has 98 valence electrons. The molecule has 1 atom stereocenters. The van der Waals surface area contributed by atoms with E-state index < -0.39 is 24.6 Å². The number of nitrogens with one attached hydrogen (secondary N) is 1. The van der Waals surface area contributed by atoms with Crippen LogP contribution in [0.15, 0.2) is 0 Å². The van der Waals surface area contributed by atoms with E-state index in [1.165, 1.54) is 6.42 Å². The maximum atomic E-state index is 11.8. The number of carbonyl (C=O) groups excluding carboxylic acids is 1. The number of likely N-dealkylation sites (tertiary alicyclic amines) is 1. The molecule has 0 aromatic heterocycles. The van der Waals surface area contributed by atoms with Gasteiger partial charge in [0.25, 0.3) is 0 Å². The van der Waals surface area contributed by atoms with Crippen LogP contribution in [0.2, 0.25) is 0 Å². The molecule has 0 bridgehead atoms. The molecule has 0 saturated carbocycles. The second-order valence-electron chi connectivity index (χ2n) is 4.28. The molecule has 3 N–H and O–H groups in total. The van der Waals surface area contributed by atoms with E-state index in [0.29, 0.717) is 13.1 Å². The Morgan fingerprint density at radius 1 is 1.12 bits per heavy atom. The lowest BCUT2D eigenvalue weighted by Gasteiger charge is -2.26. The molecule has 0 radical (unpaired) electrons. The fourth-order valence-corrected chi connectivity index (χ4v) is 1.88. The van der Waals surface area contributed by atoms with Crippen LogP contribution in [-0.2, 0) is 4.79 Å². The summed E-state index contributed by atoms with van der Waals surface area (Å²) >= 11 is 0. The van der Waals surface area contributed by atoms with Gasteiger partial charge in [-0.15, -0.1) is 0 Å². The van der Waals surface area contributed by atoms with Crippen molar-refractivity contribution in [2.24, 2.45) is 0 Å². The molecular weight excluding hydrogens is 224 g/mol. The van der Waals surface area contributed by atoms with Crippen LogP contribution in [0.3, 0.4) is 0 Å². The minimum Gasteiger partial charge on any atom is -0.480 e. The van der Waals surface area contributed by atoms with Gasteiger partial charge in [0.05, 0.1) is 6.61 Å². The van der Waals surface area contributed by atoms with Gasteiger partial charge in [-0.25, -0.2) is 9.59 Å². The van der Waals surface area contributed by atoms with Crippen LogP contribution in [0.25, 0.3) is 0 Å². The van der Waals surface area contributed by atoms with Crippen LogP contribution in [0.5, 0.6) is 0 Å². The topological polar surface area (TPSA) is 89.9 Å². The van der Waals surface area contributed by atoms with Crippen LogP contribution < -0.4 is 5.32 Å². The molecule has 0 spiro atoms. The Labute approximate surface area is 101 Å². The van der Waals surface area contributed by atoms with E-state index in [9.17, 15) is 9.59 Å². The highest BCUT2D eigenvalue weighted by Crippen LogP contribution is 2.10. The van der Waals surface area contributed by atoms with Crippen molar-refractivity contribution >= 4 is 12.0 Å². The van der Waals surface area contributed by atoms with Crippen molar-refractivity contribution in [3.05, 3.63) is 0 Å². The second kappa shape index (κ2) is 7.11. The lowest BCUT2D eigenvalue weighted by atomic mass is 10.1. The Kier molecular flexibility index (Phi) is 5.76. The molecule has 1 heterocycles. The van der Waals surface area contributed by atoms with Crippen molar-refractivity contribution in [2.45, 2.75) is 38.1 Å². The number of nitrogens with zero attached hydrogens (tertiary/aromatic N) is 1. The molecule has 2 amide bonds. The number of carboxylic acid groups (broad SMARTS) is 1. The Morgan fingerprint density at radius 2 is 1.65 bits per heavy atom. The van der Waals surface area contributed by atoms with Gasteiger partial charge in [0.1, 0.15) is 0 Å². The van der Waals surface area contributed by atoms with Gasteiger partial charge in [-0.1, -0.05) is 19.3 Å². The number of carboxylic acids is 1. The average Bonchev–Trinajstić information content (AvgIpc) is 2.24. The smallest absolute Gasteiger partial charge is 0.328 e. The summed E-state index contributed by atoms with van der Waals surface area (Å²) in [5.74, 6) is -1.21. The molecule has 0 aliphatic carbocycles. The van der Waals surface area contributed by atoms with Gasteiger partial charge >= 0.3 is 12.0 Å². The zero-order valence-corrected chi connectivity index (χ0v) is 9.89. The van der Waals surface area contributed by atoms with Crippen molar-refractivity contribution in [2.75, 3.05) is 19.7 Å². The van der Waals surface area contributed by atoms with Gasteiger partial charge in [0.15, 0.2) is 6.04 Å². The number of carbonyl (C=O) groups is 2. The number of aliphatic hydroxyl groups is 1. The van der Waals surface area contributed by atoms with E-state index in [-0.39, 0.29) is 0 Å². The fourth-order valence-electron chi connectivity index (χ4n) is 1.88. The van der Waals surface area contributed by atoms with E-state index in [0.717, 1.165) is 25.7 Å². The quantitative estimate of drug-likeness (QED) is 0.670. The van der Waals surface area contributed by atoms with Crippen molar-refractivity contribution in [3.8, 4) is 0 Å². The van der Waals surface area contributed by atoms with Crippen molar-refractivity contribution < 1.29 is 19.8 Å². The highest BCUT2D eigenvalue weighted by Gasteiger charge is 2.22. The SMILES string of the molecule is O=C(O)[C@H](CO)NC(=O)N1CCCCCCC1. The first-order chi connectivity index (χ1) is 8.15. The monoisotopic (exact) mass is 244 g/mol. The van der Waals surface area contributed by atoms with Gasteiger partial charge in [0, 0.05) is 13.1 Å². The molecule has 0 unspecified atom stereocenters. The number of amides is 2. The zero-order chi connectivity index (χ0) is 12.7. The van der Waals surface area contributed by atoms with Gasteiger partial charge in [-0.3, -0.25) is 0 Å². The van der Waals surface area contributed by atoms with E-state index >= 15 is 0 Å². The molecule has 0 aromatic rings. The lowest BCUT2D eigenvalue weighted by molar-refractivity contribution is -0.140. The summed E-state index contributed by atoms with van der Waals surface area (Å²) in [6.07, 6.45) is 5.30. The average molecular weight is 244 g/mol. The van der Waals surface area contributed by atoms with Gasteiger partial charge in [-0.2, -0.15) is 0 Å². The second-order valence-corrected chi connectivity index (χ2v) is 4.28. The number of aliphatic carboxylic acids is 1. The molecule has 6 nitrogen and oxygen atoms in total. The number of rotatable bonds is 3. The normalized spacial score (nSPS) is 19.0. The molecular formula is C11H20N2O4. The van der Waals surface area contributed by atoms with Crippen molar-refractivity contribution in [1.82, 2.24) is 10.2 Å². The molecule has 6 heteroatoms. The molecule has 1 fully saturated rings. The zero-order valence-electron chi connectivity index (χ0n) is 9.89. The number of hydrogen-bond acceptors (Lipinski definition) is 3. The summed E-state index contributed by atoms with van der Waals surface area (Å²) in [6, 6.07) is -1.61. The third kappa shape index (κ3) is 4.60. The maximum Gasteiger partial charge on any atom is 0.328 e. The predicted octanol–water partition coefficient (Wildman–Crippen LogP) is 0.408. The summed E-state index contributed by atoms with van der Waals surface area (Å²) in [5.41, 5.74) is 0. The maximum absolute atomic E-state index is 11.8. The summed E-state index contributed by atoms with van der Waals surface area (Å²) in [4.78, 5) is 24.1. The van der Waals surface area contributed by atoms with Gasteiger partial charge < -0.3 is 20.4 Å². The van der Waals surface area contributed by atoms with Crippen LogP contribution in [-0.4, -0.2) is 52.9 Å². The molecule has 1 saturated heterocycles. The Morgan fingerprint density at radius 3 is 2.12 bits per heavy atom. The standard InChI is InChI=1S/C11H20N2O4/c14-8-9(10(15)16)12-11(17)13-6-4-2-1-3-5-7-13/h9,14H,1-8H2,(H,12,17)(H,15,16)/t9-/m0/s1. The Hall–Kier alpha value is -1.30. The Balaban J connectivity index is 2.46. The summed E-state index contributed by atoms with van der Waals surface area (Å²) in [5, 5.41) is 19.9. The van der Waals surface area contributed by atoms with Crippen LogP contribution in [0, 0.1) is 0 Å². The van der Waals surface area contributed by atoms with Crippen LogP contribution in [0.1, 0.15) is 32.1 Å². The summed E-state index contributed by atoms with van der Waals surface area (Å²) in [6.45, 7) is 0.724. The van der Waals surface area contributed by atoms with E-state index in [1.54, 1.807) is 4.90 Å². The van der Waals surface area contributed by atoms with Crippen LogP contribution >= 0.6 is 0 Å². The van der Waals surface area contributed by atoms with Crippen LogP contribution in [0.4, 0.5) is 4.79 Å². The first-order valence-electron chi connectivity index (χ1n) is 6.04. The molecule has 1 rings (SSSR count). The van der Waals surface area contributed by atoms with E-state index in [4.69, 9.17) is 10.2 Å². The molecule has 1 aliphatic heterocycles. The third-order valence-corrected chi connectivity index (χ3v) is 2.92. The van der Waals surface area contributed by atoms with E-state index in [2.05, 4.69) is 5.32 Å².